The molecule has 2 amide bonds. The lowest BCUT2D eigenvalue weighted by Crippen LogP contribution is -2.12. The average Bonchev–Trinajstić information content (AvgIpc) is 3.15. The Morgan fingerprint density at radius 2 is 1.78 bits per heavy atom. The van der Waals surface area contributed by atoms with Gasteiger partial charge in [-0.15, -0.1) is 21.5 Å². The van der Waals surface area contributed by atoms with Crippen LogP contribution < -0.4 is 10.6 Å². The molecular weight excluding hydrogens is 334 g/mol. The Balaban J connectivity index is 1.74. The van der Waals surface area contributed by atoms with E-state index in [1.165, 1.54) is 16.2 Å². The Bertz CT molecular complexity index is 699. The van der Waals surface area contributed by atoms with Gasteiger partial charge in [0.25, 0.3) is 0 Å². The van der Waals surface area contributed by atoms with Crippen molar-refractivity contribution in [2.24, 2.45) is 0 Å². The number of hydrogen-bond acceptors (Lipinski definition) is 7. The highest BCUT2D eigenvalue weighted by Crippen LogP contribution is 2.45. The number of anilines is 2. The molecule has 2 N–H and O–H groups in total. The molecule has 0 bridgehead atoms. The van der Waals surface area contributed by atoms with Crippen molar-refractivity contribution in [3.05, 3.63) is 15.6 Å². The van der Waals surface area contributed by atoms with Crippen LogP contribution in [0.1, 0.15) is 53.1 Å². The number of rotatable bonds is 6. The molecular formula is C14H17N5O2S2. The summed E-state index contributed by atoms with van der Waals surface area (Å²) in [6, 6.07) is 0. The van der Waals surface area contributed by atoms with Crippen LogP contribution in [0.15, 0.2) is 0 Å². The highest BCUT2D eigenvalue weighted by Gasteiger charge is 2.29. The van der Waals surface area contributed by atoms with Gasteiger partial charge in [0, 0.05) is 10.8 Å². The minimum Gasteiger partial charge on any atom is -0.305 e. The first-order chi connectivity index (χ1) is 11.2. The van der Waals surface area contributed by atoms with E-state index in [0.29, 0.717) is 34.9 Å². The number of amides is 2. The third-order valence-electron chi connectivity index (χ3n) is 4.03. The first kappa shape index (κ1) is 16.0. The maximum Gasteiger partial charge on any atom is 0.213 e. The van der Waals surface area contributed by atoms with Crippen LogP contribution in [0.4, 0.5) is 10.3 Å². The van der Waals surface area contributed by atoms with E-state index >= 15 is 0 Å². The number of thiazole rings is 1. The third kappa shape index (κ3) is 3.56. The summed E-state index contributed by atoms with van der Waals surface area (Å²) in [6.07, 6.45) is 5.62. The molecule has 1 fully saturated rings. The van der Waals surface area contributed by atoms with Gasteiger partial charge in [0.15, 0.2) is 5.13 Å². The van der Waals surface area contributed by atoms with E-state index in [4.69, 9.17) is 0 Å². The number of aromatic nitrogens is 3. The summed E-state index contributed by atoms with van der Waals surface area (Å²) in [6.45, 7) is 1.99. The van der Waals surface area contributed by atoms with Gasteiger partial charge in [-0.1, -0.05) is 17.8 Å². The Morgan fingerprint density at radius 1 is 1.04 bits per heavy atom. The quantitative estimate of drug-likeness (QED) is 0.780. The van der Waals surface area contributed by atoms with E-state index < -0.39 is 0 Å². The Hall–Kier alpha value is -1.87. The smallest absolute Gasteiger partial charge is 0.213 e. The molecule has 1 aliphatic carbocycles. The Kier molecular flexibility index (Phi) is 4.97. The zero-order valence-electron chi connectivity index (χ0n) is 12.6. The van der Waals surface area contributed by atoms with Crippen LogP contribution in [0.3, 0.4) is 0 Å². The number of aryl methyl sites for hydroxylation is 1. The first-order valence-corrected chi connectivity index (χ1v) is 9.05. The predicted molar refractivity (Wildman–Crippen MR) is 90.1 cm³/mol. The molecule has 23 heavy (non-hydrogen) atoms. The predicted octanol–water partition coefficient (Wildman–Crippen LogP) is 2.88. The second kappa shape index (κ2) is 7.14. The van der Waals surface area contributed by atoms with Crippen molar-refractivity contribution in [3.63, 3.8) is 0 Å². The molecule has 2 aromatic heterocycles. The van der Waals surface area contributed by atoms with E-state index in [-0.39, 0.29) is 0 Å². The topological polar surface area (TPSA) is 96.9 Å². The second-order valence-corrected chi connectivity index (χ2v) is 7.54. The molecule has 9 heteroatoms. The van der Waals surface area contributed by atoms with Crippen molar-refractivity contribution in [1.82, 2.24) is 15.2 Å². The van der Waals surface area contributed by atoms with Gasteiger partial charge in [0.1, 0.15) is 5.01 Å². The first-order valence-electron chi connectivity index (χ1n) is 7.42. The second-order valence-electron chi connectivity index (χ2n) is 5.50. The standard InChI is InChI=1S/C14H17N5O2S2/c1-8-11(22-13(17-8)15-6-20)9-3-2-4-10(5-9)12-18-19-14(23-12)16-7-21/h6-7,9-10H,2-5H2,1H3,(H,15,17,20)(H,16,19,21)/t9-,10+/m0/s1. The molecule has 0 saturated heterocycles. The van der Waals surface area contributed by atoms with E-state index in [2.05, 4.69) is 25.8 Å². The lowest BCUT2D eigenvalue weighted by Gasteiger charge is -2.27. The van der Waals surface area contributed by atoms with Crippen LogP contribution >= 0.6 is 22.7 Å². The van der Waals surface area contributed by atoms with Crippen molar-refractivity contribution < 1.29 is 9.59 Å². The summed E-state index contributed by atoms with van der Waals surface area (Å²) >= 11 is 3.00. The van der Waals surface area contributed by atoms with Crippen molar-refractivity contribution in [2.75, 3.05) is 10.6 Å². The normalized spacial score (nSPS) is 20.9. The third-order valence-corrected chi connectivity index (χ3v) is 6.30. The monoisotopic (exact) mass is 351 g/mol. The highest BCUT2D eigenvalue weighted by molar-refractivity contribution is 7.16. The van der Waals surface area contributed by atoms with E-state index in [0.717, 1.165) is 36.4 Å². The van der Waals surface area contributed by atoms with E-state index in [1.54, 1.807) is 11.3 Å². The molecule has 122 valence electrons. The van der Waals surface area contributed by atoms with Crippen LogP contribution in [0, 0.1) is 6.92 Å². The van der Waals surface area contributed by atoms with Crippen LogP contribution in [0.25, 0.3) is 0 Å². The molecule has 3 rings (SSSR count). The fourth-order valence-corrected chi connectivity index (χ4v) is 4.98. The van der Waals surface area contributed by atoms with Gasteiger partial charge < -0.3 is 10.6 Å². The molecule has 2 aromatic rings. The van der Waals surface area contributed by atoms with Gasteiger partial charge in [0.2, 0.25) is 18.0 Å². The molecule has 0 radical (unpaired) electrons. The summed E-state index contributed by atoms with van der Waals surface area (Å²) in [7, 11) is 0. The maximum atomic E-state index is 10.6. The summed E-state index contributed by atoms with van der Waals surface area (Å²) in [4.78, 5) is 26.7. The molecule has 7 nitrogen and oxygen atoms in total. The number of carbonyl (C=O) groups is 2. The van der Waals surface area contributed by atoms with Crippen molar-refractivity contribution in [1.29, 1.82) is 0 Å². The maximum absolute atomic E-state index is 10.6. The van der Waals surface area contributed by atoms with Crippen LogP contribution in [-0.2, 0) is 9.59 Å². The molecule has 1 saturated carbocycles. The molecule has 0 aliphatic heterocycles. The molecule has 0 spiro atoms. The fourth-order valence-electron chi connectivity index (χ4n) is 3.06. The van der Waals surface area contributed by atoms with Gasteiger partial charge in [-0.25, -0.2) is 4.98 Å². The SMILES string of the molecule is Cc1nc(NC=O)sc1[C@H]1CCC[C@@H](c2nnc(NC=O)s2)C1. The Labute approximate surface area is 141 Å². The molecule has 0 aromatic carbocycles. The van der Waals surface area contributed by atoms with Crippen molar-refractivity contribution in [2.45, 2.75) is 44.4 Å². The average molecular weight is 351 g/mol. The Morgan fingerprint density at radius 3 is 2.57 bits per heavy atom. The summed E-state index contributed by atoms with van der Waals surface area (Å²) in [5.74, 6) is 0.789. The van der Waals surface area contributed by atoms with E-state index in [9.17, 15) is 9.59 Å². The summed E-state index contributed by atoms with van der Waals surface area (Å²) in [5.41, 5.74) is 0.991. The van der Waals surface area contributed by atoms with Gasteiger partial charge >= 0.3 is 0 Å². The van der Waals surface area contributed by atoms with Gasteiger partial charge in [-0.3, -0.25) is 9.59 Å². The number of carbonyl (C=O) groups excluding carboxylic acids is 2. The molecule has 1 aliphatic rings. The zero-order valence-corrected chi connectivity index (χ0v) is 14.2. The minimum atomic E-state index is 0.359. The van der Waals surface area contributed by atoms with Crippen LogP contribution in [-0.4, -0.2) is 28.0 Å². The van der Waals surface area contributed by atoms with Gasteiger partial charge in [-0.2, -0.15) is 0 Å². The summed E-state index contributed by atoms with van der Waals surface area (Å²) < 4.78 is 0. The lowest BCUT2D eigenvalue weighted by atomic mass is 9.80. The molecule has 0 unspecified atom stereocenters. The number of hydrogen-bond donors (Lipinski definition) is 2. The minimum absolute atomic E-state index is 0.359. The van der Waals surface area contributed by atoms with Crippen LogP contribution in [0.5, 0.6) is 0 Å². The molecule has 2 heterocycles. The van der Waals surface area contributed by atoms with Crippen LogP contribution in [0.2, 0.25) is 0 Å². The largest absolute Gasteiger partial charge is 0.305 e. The lowest BCUT2D eigenvalue weighted by molar-refractivity contribution is -0.106. The highest BCUT2D eigenvalue weighted by atomic mass is 32.1. The van der Waals surface area contributed by atoms with E-state index in [1.807, 2.05) is 6.92 Å². The zero-order chi connectivity index (χ0) is 16.2. The number of nitrogens with one attached hydrogen (secondary N) is 2. The van der Waals surface area contributed by atoms with Crippen molar-refractivity contribution >= 4 is 45.8 Å². The van der Waals surface area contributed by atoms with Gasteiger partial charge in [-0.05, 0) is 32.1 Å². The fraction of sp³-hybridized carbons (Fsp3) is 0.500. The van der Waals surface area contributed by atoms with Crippen molar-refractivity contribution in [3.8, 4) is 0 Å². The van der Waals surface area contributed by atoms with Gasteiger partial charge in [0.05, 0.1) is 5.69 Å². The molecule has 2 atom stereocenters. The summed E-state index contributed by atoms with van der Waals surface area (Å²) in [5, 5.41) is 15.6. The number of nitrogens with zero attached hydrogens (tertiary/aromatic N) is 3.